The Hall–Kier alpha value is -1.49. The molecular formula is C11H13F2NO2. The number of likely N-dealkylation sites (N-methyl/N-ethyl adjacent to an activating group) is 1. The summed E-state index contributed by atoms with van der Waals surface area (Å²) in [5.41, 5.74) is 0.333. The summed E-state index contributed by atoms with van der Waals surface area (Å²) in [6.45, 7) is 1.91. The van der Waals surface area contributed by atoms with Crippen LogP contribution in [0.1, 0.15) is 18.5 Å². The van der Waals surface area contributed by atoms with E-state index in [4.69, 9.17) is 4.74 Å². The van der Waals surface area contributed by atoms with Crippen LogP contribution in [0, 0.1) is 11.6 Å². The number of rotatable bonds is 4. The highest BCUT2D eigenvalue weighted by Crippen LogP contribution is 2.17. The van der Waals surface area contributed by atoms with Crippen molar-refractivity contribution in [2.24, 2.45) is 0 Å². The molecule has 0 fully saturated rings. The van der Waals surface area contributed by atoms with Gasteiger partial charge in [-0.25, -0.2) is 13.6 Å². The van der Waals surface area contributed by atoms with Crippen LogP contribution in [-0.2, 0) is 9.53 Å². The minimum atomic E-state index is -0.984. The van der Waals surface area contributed by atoms with Crippen LogP contribution >= 0.6 is 0 Å². The van der Waals surface area contributed by atoms with E-state index in [0.29, 0.717) is 5.56 Å². The minimum Gasteiger partial charge on any atom is -0.465 e. The second-order valence-electron chi connectivity index (χ2n) is 3.15. The lowest BCUT2D eigenvalue weighted by Gasteiger charge is -2.14. The fourth-order valence-electron chi connectivity index (χ4n) is 1.34. The van der Waals surface area contributed by atoms with Crippen molar-refractivity contribution < 1.29 is 18.3 Å². The lowest BCUT2D eigenvalue weighted by atomic mass is 10.1. The normalized spacial score (nSPS) is 12.2. The first-order valence-electron chi connectivity index (χ1n) is 4.89. The molecule has 5 heteroatoms. The van der Waals surface area contributed by atoms with Gasteiger partial charge in [0.1, 0.15) is 6.04 Å². The molecule has 0 aliphatic heterocycles. The van der Waals surface area contributed by atoms with Crippen molar-refractivity contribution in [2.75, 3.05) is 13.7 Å². The molecule has 88 valence electrons. The van der Waals surface area contributed by atoms with Crippen molar-refractivity contribution in [1.29, 1.82) is 0 Å². The zero-order chi connectivity index (χ0) is 12.1. The quantitative estimate of drug-likeness (QED) is 0.800. The van der Waals surface area contributed by atoms with Crippen LogP contribution in [0.15, 0.2) is 18.2 Å². The summed E-state index contributed by atoms with van der Waals surface area (Å²) < 4.78 is 30.5. The van der Waals surface area contributed by atoms with E-state index >= 15 is 0 Å². The molecule has 0 spiro atoms. The second-order valence-corrected chi connectivity index (χ2v) is 3.15. The van der Waals surface area contributed by atoms with Crippen LogP contribution in [0.4, 0.5) is 8.78 Å². The monoisotopic (exact) mass is 229 g/mol. The summed E-state index contributed by atoms with van der Waals surface area (Å²) in [5, 5.41) is 2.69. The minimum absolute atomic E-state index is 0.237. The first-order valence-corrected chi connectivity index (χ1v) is 4.89. The second kappa shape index (κ2) is 5.55. The van der Waals surface area contributed by atoms with Crippen LogP contribution in [-0.4, -0.2) is 19.6 Å². The molecule has 0 aromatic heterocycles. The summed E-state index contributed by atoms with van der Waals surface area (Å²) in [6, 6.07) is 2.52. The molecule has 0 saturated heterocycles. The molecule has 1 N–H and O–H groups in total. The Kier molecular flexibility index (Phi) is 4.37. The number of halogens is 2. The molecule has 0 amide bonds. The Morgan fingerprint density at radius 2 is 2.12 bits per heavy atom. The van der Waals surface area contributed by atoms with Gasteiger partial charge in [-0.1, -0.05) is 6.07 Å². The van der Waals surface area contributed by atoms with E-state index in [1.807, 2.05) is 0 Å². The number of hydrogen-bond acceptors (Lipinski definition) is 3. The third-order valence-electron chi connectivity index (χ3n) is 2.09. The van der Waals surface area contributed by atoms with E-state index in [1.165, 1.54) is 6.07 Å². The van der Waals surface area contributed by atoms with Gasteiger partial charge in [-0.3, -0.25) is 0 Å². The van der Waals surface area contributed by atoms with Crippen molar-refractivity contribution in [2.45, 2.75) is 13.0 Å². The van der Waals surface area contributed by atoms with E-state index in [9.17, 15) is 13.6 Å². The van der Waals surface area contributed by atoms with Gasteiger partial charge in [0.25, 0.3) is 0 Å². The zero-order valence-electron chi connectivity index (χ0n) is 9.09. The van der Waals surface area contributed by atoms with Gasteiger partial charge in [-0.2, -0.15) is 0 Å². The number of nitrogens with one attached hydrogen (secondary N) is 1. The molecule has 1 unspecified atom stereocenters. The lowest BCUT2D eigenvalue weighted by molar-refractivity contribution is -0.145. The third kappa shape index (κ3) is 2.76. The van der Waals surface area contributed by atoms with Crippen molar-refractivity contribution in [1.82, 2.24) is 5.32 Å². The van der Waals surface area contributed by atoms with E-state index < -0.39 is 23.6 Å². The highest BCUT2D eigenvalue weighted by Gasteiger charge is 2.20. The van der Waals surface area contributed by atoms with Crippen LogP contribution in [0.5, 0.6) is 0 Å². The molecule has 0 saturated carbocycles. The summed E-state index contributed by atoms with van der Waals surface area (Å²) >= 11 is 0. The van der Waals surface area contributed by atoms with E-state index in [2.05, 4.69) is 5.32 Å². The van der Waals surface area contributed by atoms with Crippen LogP contribution in [0.25, 0.3) is 0 Å². The van der Waals surface area contributed by atoms with Gasteiger partial charge in [0, 0.05) is 0 Å². The van der Waals surface area contributed by atoms with Crippen molar-refractivity contribution >= 4 is 5.97 Å². The SMILES string of the molecule is CCOC(=O)C(NC)c1ccc(F)c(F)c1. The summed E-state index contributed by atoms with van der Waals surface area (Å²) in [4.78, 5) is 11.5. The Labute approximate surface area is 92.4 Å². The lowest BCUT2D eigenvalue weighted by Crippen LogP contribution is -2.27. The number of benzene rings is 1. The smallest absolute Gasteiger partial charge is 0.327 e. The van der Waals surface area contributed by atoms with Gasteiger partial charge in [0.15, 0.2) is 11.6 Å². The maximum absolute atomic E-state index is 13.0. The highest BCUT2D eigenvalue weighted by atomic mass is 19.2. The molecule has 3 nitrogen and oxygen atoms in total. The van der Waals surface area contributed by atoms with Gasteiger partial charge in [0.05, 0.1) is 6.61 Å². The predicted octanol–water partition coefficient (Wildman–Crippen LogP) is 1.79. The first kappa shape index (κ1) is 12.6. The molecule has 1 atom stereocenters. The Morgan fingerprint density at radius 1 is 1.44 bits per heavy atom. The molecule has 0 bridgehead atoms. The Balaban J connectivity index is 2.95. The molecular weight excluding hydrogens is 216 g/mol. The number of esters is 1. The maximum Gasteiger partial charge on any atom is 0.327 e. The Morgan fingerprint density at radius 3 is 2.62 bits per heavy atom. The molecule has 0 aliphatic carbocycles. The highest BCUT2D eigenvalue weighted by molar-refractivity contribution is 5.77. The molecule has 0 heterocycles. The van der Waals surface area contributed by atoms with E-state index in [1.54, 1.807) is 14.0 Å². The molecule has 1 rings (SSSR count). The maximum atomic E-state index is 13.0. The standard InChI is InChI=1S/C11H13F2NO2/c1-3-16-11(15)10(14-2)7-4-5-8(12)9(13)6-7/h4-6,10,14H,3H2,1-2H3. The van der Waals surface area contributed by atoms with Crippen LogP contribution in [0.2, 0.25) is 0 Å². The Bertz CT molecular complexity index is 382. The zero-order valence-corrected chi connectivity index (χ0v) is 9.09. The average molecular weight is 229 g/mol. The summed E-state index contributed by atoms with van der Waals surface area (Å²) in [5.74, 6) is -2.44. The van der Waals surface area contributed by atoms with E-state index in [-0.39, 0.29) is 6.61 Å². The van der Waals surface area contributed by atoms with Crippen LogP contribution < -0.4 is 5.32 Å². The molecule has 1 aromatic rings. The third-order valence-corrected chi connectivity index (χ3v) is 2.09. The topological polar surface area (TPSA) is 38.3 Å². The molecule has 0 aliphatic rings. The van der Waals surface area contributed by atoms with Gasteiger partial charge in [-0.15, -0.1) is 0 Å². The summed E-state index contributed by atoms with van der Waals surface area (Å²) in [6.07, 6.45) is 0. The van der Waals surface area contributed by atoms with Crippen molar-refractivity contribution in [3.8, 4) is 0 Å². The largest absolute Gasteiger partial charge is 0.465 e. The van der Waals surface area contributed by atoms with Gasteiger partial charge in [0.2, 0.25) is 0 Å². The first-order chi connectivity index (χ1) is 7.60. The van der Waals surface area contributed by atoms with Crippen LogP contribution in [0.3, 0.4) is 0 Å². The summed E-state index contributed by atoms with van der Waals surface area (Å²) in [7, 11) is 1.54. The van der Waals surface area contributed by atoms with Gasteiger partial charge >= 0.3 is 5.97 Å². The van der Waals surface area contributed by atoms with Gasteiger partial charge in [-0.05, 0) is 31.7 Å². The van der Waals surface area contributed by atoms with Crippen molar-refractivity contribution in [3.05, 3.63) is 35.4 Å². The fraction of sp³-hybridized carbons (Fsp3) is 0.364. The molecule has 16 heavy (non-hydrogen) atoms. The number of hydrogen-bond donors (Lipinski definition) is 1. The number of ether oxygens (including phenoxy) is 1. The molecule has 1 aromatic carbocycles. The number of carbonyl (C=O) groups excluding carboxylic acids is 1. The van der Waals surface area contributed by atoms with Crippen molar-refractivity contribution in [3.63, 3.8) is 0 Å². The predicted molar refractivity (Wildman–Crippen MR) is 54.8 cm³/mol. The molecule has 0 radical (unpaired) electrons. The fourth-order valence-corrected chi connectivity index (χ4v) is 1.34. The average Bonchev–Trinajstić information content (AvgIpc) is 2.25. The number of carbonyl (C=O) groups is 1. The van der Waals surface area contributed by atoms with E-state index in [0.717, 1.165) is 12.1 Å². The van der Waals surface area contributed by atoms with Gasteiger partial charge < -0.3 is 10.1 Å².